The monoisotopic (exact) mass is 208 g/mol. The first-order valence-corrected chi connectivity index (χ1v) is 5.58. The number of ether oxygens (including phenoxy) is 1. The van der Waals surface area contributed by atoms with E-state index in [-0.39, 0.29) is 0 Å². The van der Waals surface area contributed by atoms with Crippen molar-refractivity contribution < 1.29 is 9.84 Å². The topological polar surface area (TPSA) is 29.5 Å². The molecule has 0 radical (unpaired) electrons. The Hall–Kier alpha value is -1.02. The maximum Gasteiger partial charge on any atom is 0.115 e. The van der Waals surface area contributed by atoms with Crippen LogP contribution in [0.15, 0.2) is 24.3 Å². The molecule has 2 nitrogen and oxygen atoms in total. The van der Waals surface area contributed by atoms with E-state index < -0.39 is 0 Å². The molecule has 1 N–H and O–H groups in total. The number of rotatable bonds is 6. The summed E-state index contributed by atoms with van der Waals surface area (Å²) in [6.07, 6.45) is 2.08. The van der Waals surface area contributed by atoms with E-state index in [0.717, 1.165) is 19.6 Å². The van der Waals surface area contributed by atoms with Crippen molar-refractivity contribution in [3.63, 3.8) is 0 Å². The van der Waals surface area contributed by atoms with E-state index in [0.29, 0.717) is 11.7 Å². The van der Waals surface area contributed by atoms with Gasteiger partial charge in [0.1, 0.15) is 5.75 Å². The van der Waals surface area contributed by atoms with E-state index in [4.69, 9.17) is 9.84 Å². The maximum absolute atomic E-state index is 9.10. The first-order chi connectivity index (χ1) is 7.22. The Morgan fingerprint density at radius 3 is 2.53 bits per heavy atom. The van der Waals surface area contributed by atoms with E-state index in [1.54, 1.807) is 12.1 Å². The molecule has 0 aliphatic rings. The zero-order valence-corrected chi connectivity index (χ0v) is 9.57. The molecule has 0 unspecified atom stereocenters. The van der Waals surface area contributed by atoms with Gasteiger partial charge in [-0.05, 0) is 30.0 Å². The van der Waals surface area contributed by atoms with Crippen molar-refractivity contribution in [2.45, 2.75) is 26.7 Å². The summed E-state index contributed by atoms with van der Waals surface area (Å²) in [5.41, 5.74) is 1.21. The van der Waals surface area contributed by atoms with Crippen LogP contribution in [0.1, 0.15) is 25.8 Å². The standard InChI is InChI=1S/C13H20O2/c1-3-11(2)10-15-9-8-12-4-6-13(14)7-5-12/h4-7,11,14H,3,8-10H2,1-2H3/t11-/m0/s1. The SMILES string of the molecule is CC[C@H](C)COCCc1ccc(O)cc1. The molecule has 1 aromatic carbocycles. The fourth-order valence-electron chi connectivity index (χ4n) is 1.26. The summed E-state index contributed by atoms with van der Waals surface area (Å²) < 4.78 is 5.56. The maximum atomic E-state index is 9.10. The van der Waals surface area contributed by atoms with Gasteiger partial charge in [0.2, 0.25) is 0 Å². The van der Waals surface area contributed by atoms with Gasteiger partial charge in [0, 0.05) is 6.61 Å². The molecule has 2 heteroatoms. The molecule has 0 aromatic heterocycles. The van der Waals surface area contributed by atoms with Crippen LogP contribution in [0.3, 0.4) is 0 Å². The Morgan fingerprint density at radius 1 is 1.27 bits per heavy atom. The number of aromatic hydroxyl groups is 1. The van der Waals surface area contributed by atoms with Gasteiger partial charge >= 0.3 is 0 Å². The Bertz CT molecular complexity index is 266. The highest BCUT2D eigenvalue weighted by atomic mass is 16.5. The summed E-state index contributed by atoms with van der Waals surface area (Å²) in [5.74, 6) is 0.962. The van der Waals surface area contributed by atoms with Gasteiger partial charge in [0.25, 0.3) is 0 Å². The van der Waals surface area contributed by atoms with Crippen LogP contribution in [0.25, 0.3) is 0 Å². The number of hydrogen-bond acceptors (Lipinski definition) is 2. The van der Waals surface area contributed by atoms with E-state index in [9.17, 15) is 0 Å². The summed E-state index contributed by atoms with van der Waals surface area (Å²) in [5, 5.41) is 9.10. The van der Waals surface area contributed by atoms with Crippen molar-refractivity contribution in [1.29, 1.82) is 0 Å². The second-order valence-corrected chi connectivity index (χ2v) is 4.00. The molecule has 1 aromatic rings. The first kappa shape index (κ1) is 12.1. The lowest BCUT2D eigenvalue weighted by molar-refractivity contribution is 0.106. The van der Waals surface area contributed by atoms with Gasteiger partial charge < -0.3 is 9.84 Å². The third kappa shape index (κ3) is 4.84. The zero-order chi connectivity index (χ0) is 11.1. The fraction of sp³-hybridized carbons (Fsp3) is 0.538. The molecule has 1 atom stereocenters. The minimum atomic E-state index is 0.319. The van der Waals surface area contributed by atoms with E-state index in [2.05, 4.69) is 13.8 Å². The molecule has 0 amide bonds. The third-order valence-electron chi connectivity index (χ3n) is 2.57. The van der Waals surface area contributed by atoms with Crippen molar-refractivity contribution in [2.75, 3.05) is 13.2 Å². The molecule has 15 heavy (non-hydrogen) atoms. The molecule has 1 rings (SSSR count). The van der Waals surface area contributed by atoms with Crippen LogP contribution in [0.5, 0.6) is 5.75 Å². The molecule has 0 aliphatic carbocycles. The summed E-state index contributed by atoms with van der Waals surface area (Å²) in [4.78, 5) is 0. The van der Waals surface area contributed by atoms with Gasteiger partial charge in [-0.1, -0.05) is 32.4 Å². The lowest BCUT2D eigenvalue weighted by Crippen LogP contribution is -2.07. The minimum Gasteiger partial charge on any atom is -0.508 e. The normalized spacial score (nSPS) is 12.7. The molecule has 0 aliphatic heterocycles. The number of phenols is 1. The van der Waals surface area contributed by atoms with Gasteiger partial charge in [0.15, 0.2) is 0 Å². The Morgan fingerprint density at radius 2 is 1.93 bits per heavy atom. The van der Waals surface area contributed by atoms with Crippen molar-refractivity contribution in [3.8, 4) is 5.75 Å². The average molecular weight is 208 g/mol. The van der Waals surface area contributed by atoms with Crippen LogP contribution >= 0.6 is 0 Å². The van der Waals surface area contributed by atoms with E-state index in [1.165, 1.54) is 12.0 Å². The van der Waals surface area contributed by atoms with Gasteiger partial charge in [-0.3, -0.25) is 0 Å². The zero-order valence-electron chi connectivity index (χ0n) is 9.57. The number of benzene rings is 1. The molecular formula is C13H20O2. The summed E-state index contributed by atoms with van der Waals surface area (Å²) in [6, 6.07) is 7.29. The highest BCUT2D eigenvalue weighted by molar-refractivity contribution is 5.25. The van der Waals surface area contributed by atoms with Gasteiger partial charge in [-0.2, -0.15) is 0 Å². The van der Waals surface area contributed by atoms with Gasteiger partial charge in [-0.25, -0.2) is 0 Å². The second kappa shape index (κ2) is 6.46. The van der Waals surface area contributed by atoms with Crippen molar-refractivity contribution in [3.05, 3.63) is 29.8 Å². The molecule has 0 spiro atoms. The molecule has 0 bridgehead atoms. The van der Waals surface area contributed by atoms with Gasteiger partial charge in [0.05, 0.1) is 6.61 Å². The smallest absolute Gasteiger partial charge is 0.115 e. The highest BCUT2D eigenvalue weighted by Crippen LogP contribution is 2.10. The lowest BCUT2D eigenvalue weighted by atomic mass is 10.1. The Labute approximate surface area is 91.9 Å². The fourth-order valence-corrected chi connectivity index (χ4v) is 1.26. The van der Waals surface area contributed by atoms with Crippen LogP contribution in [-0.4, -0.2) is 18.3 Å². The van der Waals surface area contributed by atoms with Crippen molar-refractivity contribution >= 4 is 0 Å². The van der Waals surface area contributed by atoms with Crippen molar-refractivity contribution in [1.82, 2.24) is 0 Å². The molecular weight excluding hydrogens is 188 g/mol. The van der Waals surface area contributed by atoms with Crippen LogP contribution in [0.4, 0.5) is 0 Å². The van der Waals surface area contributed by atoms with Crippen LogP contribution in [0.2, 0.25) is 0 Å². The second-order valence-electron chi connectivity index (χ2n) is 4.00. The van der Waals surface area contributed by atoms with Crippen LogP contribution in [0, 0.1) is 5.92 Å². The number of phenolic OH excluding ortho intramolecular Hbond substituents is 1. The predicted molar refractivity (Wildman–Crippen MR) is 62.1 cm³/mol. The quantitative estimate of drug-likeness (QED) is 0.728. The molecule has 0 saturated heterocycles. The van der Waals surface area contributed by atoms with Crippen LogP contribution < -0.4 is 0 Å². The summed E-state index contributed by atoms with van der Waals surface area (Å²) in [6.45, 7) is 5.97. The third-order valence-corrected chi connectivity index (χ3v) is 2.57. The molecule has 0 heterocycles. The van der Waals surface area contributed by atoms with Crippen LogP contribution in [-0.2, 0) is 11.2 Å². The first-order valence-electron chi connectivity index (χ1n) is 5.58. The lowest BCUT2D eigenvalue weighted by Gasteiger charge is -2.09. The largest absolute Gasteiger partial charge is 0.508 e. The number of hydrogen-bond donors (Lipinski definition) is 1. The van der Waals surface area contributed by atoms with Gasteiger partial charge in [-0.15, -0.1) is 0 Å². The molecule has 0 saturated carbocycles. The Kier molecular flexibility index (Phi) is 5.19. The summed E-state index contributed by atoms with van der Waals surface area (Å²) >= 11 is 0. The Balaban J connectivity index is 2.17. The van der Waals surface area contributed by atoms with E-state index >= 15 is 0 Å². The van der Waals surface area contributed by atoms with E-state index in [1.807, 2.05) is 12.1 Å². The van der Waals surface area contributed by atoms with Crippen molar-refractivity contribution in [2.24, 2.45) is 5.92 Å². The predicted octanol–water partition coefficient (Wildman–Crippen LogP) is 3.00. The average Bonchev–Trinajstić information content (AvgIpc) is 2.26. The molecule has 0 fully saturated rings. The molecule has 84 valence electrons. The highest BCUT2D eigenvalue weighted by Gasteiger charge is 1.98. The minimum absolute atomic E-state index is 0.319. The summed E-state index contributed by atoms with van der Waals surface area (Å²) in [7, 11) is 0.